The summed E-state index contributed by atoms with van der Waals surface area (Å²) in [7, 11) is 1.57. The zero-order valence-electron chi connectivity index (χ0n) is 16.8. The van der Waals surface area contributed by atoms with E-state index in [4.69, 9.17) is 4.74 Å². The minimum atomic E-state index is -0.735. The second-order valence-electron chi connectivity index (χ2n) is 7.27. The van der Waals surface area contributed by atoms with Gasteiger partial charge in [0.25, 0.3) is 5.91 Å². The van der Waals surface area contributed by atoms with Crippen molar-refractivity contribution in [2.24, 2.45) is 0 Å². The van der Waals surface area contributed by atoms with Gasteiger partial charge >= 0.3 is 0 Å². The van der Waals surface area contributed by atoms with Crippen molar-refractivity contribution in [2.75, 3.05) is 18.5 Å². The van der Waals surface area contributed by atoms with Gasteiger partial charge in [0.05, 0.1) is 12.2 Å². The number of nitrogens with zero attached hydrogens (tertiary/aromatic N) is 1. The van der Waals surface area contributed by atoms with Gasteiger partial charge in [-0.3, -0.25) is 9.59 Å². The minimum absolute atomic E-state index is 0.0441. The van der Waals surface area contributed by atoms with Crippen LogP contribution in [-0.2, 0) is 9.59 Å². The molecule has 0 saturated carbocycles. The molecule has 1 N–H and O–H groups in total. The van der Waals surface area contributed by atoms with E-state index in [-0.39, 0.29) is 24.3 Å². The van der Waals surface area contributed by atoms with Gasteiger partial charge in [0.15, 0.2) is 6.10 Å². The number of fused-ring (bicyclic) bond motifs is 1. The Balaban J connectivity index is 1.66. The van der Waals surface area contributed by atoms with Crippen molar-refractivity contribution >= 4 is 17.5 Å². The highest BCUT2D eigenvalue weighted by atomic mass is 16.5. The summed E-state index contributed by atoms with van der Waals surface area (Å²) in [4.78, 5) is 27.4. The standard InChI is InChI=1S/C25H24N2O3/c1-26-25(29)23-17-27(21-14-8-9-15-22(21)30-23)24(28)16-20(18-10-4-2-5-11-18)19-12-6-3-7-13-19/h2-15,20,23H,16-17H2,1H3,(H,26,29)/t23-/m0/s1. The number of anilines is 1. The Morgan fingerprint density at radius 2 is 1.50 bits per heavy atom. The van der Waals surface area contributed by atoms with Gasteiger partial charge in [-0.15, -0.1) is 0 Å². The number of carbonyl (C=O) groups is 2. The van der Waals surface area contributed by atoms with E-state index in [1.165, 1.54) is 0 Å². The molecule has 4 rings (SSSR count). The minimum Gasteiger partial charge on any atom is -0.477 e. The first-order chi connectivity index (χ1) is 14.7. The van der Waals surface area contributed by atoms with Crippen LogP contribution in [0.5, 0.6) is 5.75 Å². The van der Waals surface area contributed by atoms with Gasteiger partial charge in [-0.1, -0.05) is 72.8 Å². The summed E-state index contributed by atoms with van der Waals surface area (Å²) >= 11 is 0. The summed E-state index contributed by atoms with van der Waals surface area (Å²) in [6, 6.07) is 27.4. The fourth-order valence-electron chi connectivity index (χ4n) is 3.85. The Kier molecular flexibility index (Phi) is 5.80. The molecule has 1 aliphatic heterocycles. The Morgan fingerprint density at radius 3 is 2.10 bits per heavy atom. The van der Waals surface area contributed by atoms with Crippen LogP contribution in [0.15, 0.2) is 84.9 Å². The molecule has 5 heteroatoms. The lowest BCUT2D eigenvalue weighted by molar-refractivity contribution is -0.128. The third-order valence-corrected chi connectivity index (χ3v) is 5.40. The molecule has 0 aliphatic carbocycles. The van der Waals surface area contributed by atoms with Crippen molar-refractivity contribution in [3.05, 3.63) is 96.1 Å². The van der Waals surface area contributed by atoms with Crippen molar-refractivity contribution in [2.45, 2.75) is 18.4 Å². The van der Waals surface area contributed by atoms with E-state index in [2.05, 4.69) is 5.32 Å². The first-order valence-electron chi connectivity index (χ1n) is 10.0. The summed E-state index contributed by atoms with van der Waals surface area (Å²) < 4.78 is 5.83. The SMILES string of the molecule is CNC(=O)[C@@H]1CN(C(=O)CC(c2ccccc2)c2ccccc2)c2ccccc2O1. The van der Waals surface area contributed by atoms with Crippen LogP contribution in [0.4, 0.5) is 5.69 Å². The maximum Gasteiger partial charge on any atom is 0.262 e. The van der Waals surface area contributed by atoms with E-state index in [1.807, 2.05) is 78.9 Å². The monoisotopic (exact) mass is 400 g/mol. The number of amides is 2. The quantitative estimate of drug-likeness (QED) is 0.710. The first kappa shape index (κ1) is 19.7. The smallest absolute Gasteiger partial charge is 0.262 e. The van der Waals surface area contributed by atoms with Crippen molar-refractivity contribution in [3.63, 3.8) is 0 Å². The summed E-state index contributed by atoms with van der Waals surface area (Å²) in [5.74, 6) is 0.178. The lowest BCUT2D eigenvalue weighted by atomic mass is 9.88. The number of rotatable bonds is 5. The molecule has 0 radical (unpaired) electrons. The second kappa shape index (κ2) is 8.82. The van der Waals surface area contributed by atoms with Crippen molar-refractivity contribution < 1.29 is 14.3 Å². The summed E-state index contributed by atoms with van der Waals surface area (Å²) in [6.45, 7) is 0.186. The highest BCUT2D eigenvalue weighted by Crippen LogP contribution is 2.36. The predicted molar refractivity (Wildman–Crippen MR) is 117 cm³/mol. The van der Waals surface area contributed by atoms with Crippen LogP contribution in [0, 0.1) is 0 Å². The molecular weight excluding hydrogens is 376 g/mol. The number of para-hydroxylation sites is 2. The molecular formula is C25H24N2O3. The van der Waals surface area contributed by atoms with Crippen LogP contribution in [0.3, 0.4) is 0 Å². The molecule has 0 aromatic heterocycles. The summed E-state index contributed by atoms with van der Waals surface area (Å²) in [5, 5.41) is 2.62. The largest absolute Gasteiger partial charge is 0.477 e. The van der Waals surface area contributed by atoms with E-state index in [1.54, 1.807) is 18.0 Å². The van der Waals surface area contributed by atoms with Crippen LogP contribution >= 0.6 is 0 Å². The van der Waals surface area contributed by atoms with E-state index in [0.29, 0.717) is 17.9 Å². The predicted octanol–water partition coefficient (Wildman–Crippen LogP) is 3.75. The van der Waals surface area contributed by atoms with Crippen LogP contribution in [0.2, 0.25) is 0 Å². The number of benzene rings is 3. The third kappa shape index (κ3) is 4.06. The van der Waals surface area contributed by atoms with Gasteiger partial charge in [-0.05, 0) is 23.3 Å². The number of hydrogen-bond acceptors (Lipinski definition) is 3. The normalized spacial score (nSPS) is 15.3. The zero-order chi connectivity index (χ0) is 20.9. The maximum absolute atomic E-state index is 13.5. The van der Waals surface area contributed by atoms with Gasteiger partial charge in [-0.25, -0.2) is 0 Å². The number of hydrogen-bond donors (Lipinski definition) is 1. The molecule has 0 spiro atoms. The molecule has 5 nitrogen and oxygen atoms in total. The van der Waals surface area contributed by atoms with E-state index in [0.717, 1.165) is 11.1 Å². The van der Waals surface area contributed by atoms with Crippen LogP contribution in [0.25, 0.3) is 0 Å². The molecule has 1 aliphatic rings. The van der Waals surface area contributed by atoms with Crippen molar-refractivity contribution in [1.82, 2.24) is 5.32 Å². The van der Waals surface area contributed by atoms with Crippen LogP contribution in [0.1, 0.15) is 23.5 Å². The molecule has 1 atom stereocenters. The lowest BCUT2D eigenvalue weighted by Crippen LogP contribution is -2.50. The topological polar surface area (TPSA) is 58.6 Å². The second-order valence-corrected chi connectivity index (χ2v) is 7.27. The van der Waals surface area contributed by atoms with Crippen molar-refractivity contribution in [1.29, 1.82) is 0 Å². The summed E-state index contributed by atoms with van der Waals surface area (Å²) in [5.41, 5.74) is 2.87. The number of likely N-dealkylation sites (N-methyl/N-ethyl adjacent to an activating group) is 1. The molecule has 152 valence electrons. The molecule has 0 bridgehead atoms. The van der Waals surface area contributed by atoms with E-state index in [9.17, 15) is 9.59 Å². The average Bonchev–Trinajstić information content (AvgIpc) is 2.82. The molecule has 3 aromatic rings. The Bertz CT molecular complexity index is 981. The van der Waals surface area contributed by atoms with Crippen LogP contribution in [-0.4, -0.2) is 31.5 Å². The Labute approximate surface area is 176 Å². The third-order valence-electron chi connectivity index (χ3n) is 5.40. The Hall–Kier alpha value is -3.60. The van der Waals surface area contributed by atoms with Gasteiger partial charge in [0, 0.05) is 19.4 Å². The fourth-order valence-corrected chi connectivity index (χ4v) is 3.85. The molecule has 2 amide bonds. The van der Waals surface area contributed by atoms with Gasteiger partial charge in [0.2, 0.25) is 5.91 Å². The lowest BCUT2D eigenvalue weighted by Gasteiger charge is -2.34. The van der Waals surface area contributed by atoms with Gasteiger partial charge < -0.3 is 15.0 Å². The highest BCUT2D eigenvalue weighted by Gasteiger charge is 2.34. The fraction of sp³-hybridized carbons (Fsp3) is 0.200. The number of ether oxygens (including phenoxy) is 1. The van der Waals surface area contributed by atoms with E-state index < -0.39 is 6.10 Å². The Morgan fingerprint density at radius 1 is 0.933 bits per heavy atom. The summed E-state index contributed by atoms with van der Waals surface area (Å²) in [6.07, 6.45) is -0.441. The molecule has 0 saturated heterocycles. The molecule has 1 heterocycles. The number of nitrogens with one attached hydrogen (secondary N) is 1. The van der Waals surface area contributed by atoms with Crippen molar-refractivity contribution in [3.8, 4) is 5.75 Å². The number of carbonyl (C=O) groups excluding carboxylic acids is 2. The maximum atomic E-state index is 13.5. The molecule has 0 unspecified atom stereocenters. The first-order valence-corrected chi connectivity index (χ1v) is 10.0. The molecule has 3 aromatic carbocycles. The highest BCUT2D eigenvalue weighted by molar-refractivity contribution is 5.97. The molecule has 0 fully saturated rings. The van der Waals surface area contributed by atoms with E-state index >= 15 is 0 Å². The van der Waals surface area contributed by atoms with Gasteiger partial charge in [0.1, 0.15) is 5.75 Å². The van der Waals surface area contributed by atoms with Gasteiger partial charge in [-0.2, -0.15) is 0 Å². The molecule has 30 heavy (non-hydrogen) atoms. The average molecular weight is 400 g/mol. The van der Waals surface area contributed by atoms with Crippen LogP contribution < -0.4 is 15.0 Å². The zero-order valence-corrected chi connectivity index (χ0v) is 16.8.